The zero-order valence-electron chi connectivity index (χ0n) is 14.3. The van der Waals surface area contributed by atoms with Crippen LogP contribution in [0.1, 0.15) is 21.7 Å². The van der Waals surface area contributed by atoms with Crippen molar-refractivity contribution in [1.82, 2.24) is 14.7 Å². The van der Waals surface area contributed by atoms with E-state index in [0.29, 0.717) is 12.2 Å². The van der Waals surface area contributed by atoms with Crippen molar-refractivity contribution in [3.63, 3.8) is 0 Å². The molecule has 2 heterocycles. The van der Waals surface area contributed by atoms with Crippen molar-refractivity contribution in [2.75, 3.05) is 25.5 Å². The van der Waals surface area contributed by atoms with E-state index in [2.05, 4.69) is 39.5 Å². The summed E-state index contributed by atoms with van der Waals surface area (Å²) in [5, 5.41) is 2.99. The lowest BCUT2D eigenvalue weighted by atomic mass is 10.1. The monoisotopic (exact) mass is 322 g/mol. The van der Waals surface area contributed by atoms with Gasteiger partial charge in [0, 0.05) is 32.5 Å². The maximum atomic E-state index is 12.5. The van der Waals surface area contributed by atoms with Gasteiger partial charge in [0.25, 0.3) is 5.91 Å². The number of nitrogens with zero attached hydrogens (tertiary/aromatic N) is 3. The van der Waals surface area contributed by atoms with Gasteiger partial charge in [0.05, 0.1) is 5.69 Å². The van der Waals surface area contributed by atoms with Gasteiger partial charge in [0.1, 0.15) is 11.3 Å². The van der Waals surface area contributed by atoms with Gasteiger partial charge in [-0.3, -0.25) is 9.20 Å². The number of anilines is 1. The van der Waals surface area contributed by atoms with Crippen LogP contribution in [0.3, 0.4) is 0 Å². The van der Waals surface area contributed by atoms with Crippen molar-refractivity contribution in [2.24, 2.45) is 0 Å². The summed E-state index contributed by atoms with van der Waals surface area (Å²) in [4.78, 5) is 19.0. The quantitative estimate of drug-likeness (QED) is 0.786. The smallest absolute Gasteiger partial charge is 0.270 e. The van der Waals surface area contributed by atoms with Gasteiger partial charge in [0.2, 0.25) is 0 Å². The van der Waals surface area contributed by atoms with Crippen LogP contribution in [0.4, 0.5) is 5.69 Å². The highest BCUT2D eigenvalue weighted by Gasteiger charge is 2.15. The third-order valence-electron chi connectivity index (χ3n) is 4.07. The molecule has 0 unspecified atom stereocenters. The Kier molecular flexibility index (Phi) is 4.51. The summed E-state index contributed by atoms with van der Waals surface area (Å²) in [5.41, 5.74) is 4.52. The molecule has 0 aliphatic rings. The number of hydrogen-bond donors (Lipinski definition) is 1. The number of carbonyl (C=O) groups excluding carboxylic acids is 1. The molecular formula is C19H22N4O. The van der Waals surface area contributed by atoms with Gasteiger partial charge in [-0.25, -0.2) is 4.98 Å². The van der Waals surface area contributed by atoms with Crippen LogP contribution in [0.5, 0.6) is 0 Å². The molecule has 1 amide bonds. The van der Waals surface area contributed by atoms with E-state index in [0.717, 1.165) is 17.8 Å². The minimum absolute atomic E-state index is 0.0869. The zero-order valence-corrected chi connectivity index (χ0v) is 14.3. The number of hydrogen-bond acceptors (Lipinski definition) is 3. The molecule has 3 rings (SSSR count). The van der Waals surface area contributed by atoms with Crippen molar-refractivity contribution in [3.8, 4) is 0 Å². The molecule has 3 aromatic rings. The summed E-state index contributed by atoms with van der Waals surface area (Å²) < 4.78 is 1.83. The third-order valence-corrected chi connectivity index (χ3v) is 4.07. The number of nitrogens with one attached hydrogen (secondary N) is 1. The highest BCUT2D eigenvalue weighted by atomic mass is 16.1. The summed E-state index contributed by atoms with van der Waals surface area (Å²) in [7, 11) is 4.04. The van der Waals surface area contributed by atoms with Gasteiger partial charge < -0.3 is 10.2 Å². The molecule has 1 N–H and O–H groups in total. The molecule has 24 heavy (non-hydrogen) atoms. The van der Waals surface area contributed by atoms with E-state index >= 15 is 0 Å². The van der Waals surface area contributed by atoms with Crippen LogP contribution in [0.2, 0.25) is 0 Å². The molecular weight excluding hydrogens is 300 g/mol. The molecule has 2 aromatic heterocycles. The van der Waals surface area contributed by atoms with E-state index in [-0.39, 0.29) is 5.91 Å². The van der Waals surface area contributed by atoms with Gasteiger partial charge in [-0.05, 0) is 43.2 Å². The lowest BCUT2D eigenvalue weighted by molar-refractivity contribution is 0.0947. The normalized spacial score (nSPS) is 10.8. The van der Waals surface area contributed by atoms with E-state index < -0.39 is 0 Å². The van der Waals surface area contributed by atoms with Gasteiger partial charge >= 0.3 is 0 Å². The Morgan fingerprint density at radius 3 is 2.62 bits per heavy atom. The van der Waals surface area contributed by atoms with Crippen LogP contribution in [0.25, 0.3) is 5.65 Å². The summed E-state index contributed by atoms with van der Waals surface area (Å²) in [6.45, 7) is 2.46. The number of benzene rings is 1. The second-order valence-electron chi connectivity index (χ2n) is 6.04. The number of fused-ring (bicyclic) bond motifs is 1. The second-order valence-corrected chi connectivity index (χ2v) is 6.04. The minimum atomic E-state index is -0.0869. The van der Waals surface area contributed by atoms with Crippen LogP contribution in [-0.4, -0.2) is 35.9 Å². The molecule has 1 aromatic carbocycles. The summed E-state index contributed by atoms with van der Waals surface area (Å²) in [5.74, 6) is -0.0869. The van der Waals surface area contributed by atoms with Crippen LogP contribution in [-0.2, 0) is 6.42 Å². The Labute approximate surface area is 141 Å². The van der Waals surface area contributed by atoms with Gasteiger partial charge in [-0.2, -0.15) is 0 Å². The Morgan fingerprint density at radius 2 is 1.92 bits per heavy atom. The Morgan fingerprint density at radius 1 is 1.17 bits per heavy atom. The number of pyridine rings is 1. The van der Waals surface area contributed by atoms with Crippen molar-refractivity contribution < 1.29 is 4.79 Å². The van der Waals surface area contributed by atoms with E-state index in [1.165, 1.54) is 11.3 Å². The first-order chi connectivity index (χ1) is 11.6. The lowest BCUT2D eigenvalue weighted by Crippen LogP contribution is -2.27. The first-order valence-corrected chi connectivity index (χ1v) is 8.04. The fraction of sp³-hybridized carbons (Fsp3) is 0.263. The maximum absolute atomic E-state index is 12.5. The Hall–Kier alpha value is -2.82. The fourth-order valence-electron chi connectivity index (χ4n) is 2.75. The predicted octanol–water partition coefficient (Wildman–Crippen LogP) is 2.68. The van der Waals surface area contributed by atoms with Crippen LogP contribution in [0, 0.1) is 6.92 Å². The standard InChI is InChI=1S/C19H22N4O/c1-14-18(23-13-5-4-6-17(23)21-14)19(24)20-12-11-15-7-9-16(10-8-15)22(2)3/h4-10,13H,11-12H2,1-3H3,(H,20,24). The Bertz CT molecular complexity index is 849. The SMILES string of the molecule is Cc1nc2ccccn2c1C(=O)NCCc1ccc(N(C)C)cc1. The van der Waals surface area contributed by atoms with E-state index in [4.69, 9.17) is 0 Å². The van der Waals surface area contributed by atoms with Crippen LogP contribution >= 0.6 is 0 Å². The molecule has 0 saturated heterocycles. The molecule has 0 aliphatic heterocycles. The van der Waals surface area contributed by atoms with E-state index in [1.54, 1.807) is 0 Å². The lowest BCUT2D eigenvalue weighted by Gasteiger charge is -2.12. The number of rotatable bonds is 5. The van der Waals surface area contributed by atoms with Gasteiger partial charge in [0.15, 0.2) is 0 Å². The number of aryl methyl sites for hydroxylation is 1. The summed E-state index contributed by atoms with van der Waals surface area (Å²) in [6, 6.07) is 14.1. The number of aromatic nitrogens is 2. The Balaban J connectivity index is 1.64. The molecule has 0 bridgehead atoms. The van der Waals surface area contributed by atoms with Crippen molar-refractivity contribution in [3.05, 3.63) is 65.6 Å². The molecule has 124 valence electrons. The summed E-state index contributed by atoms with van der Waals surface area (Å²) in [6.07, 6.45) is 2.67. The average Bonchev–Trinajstić information content (AvgIpc) is 2.91. The first-order valence-electron chi connectivity index (χ1n) is 8.04. The van der Waals surface area contributed by atoms with Gasteiger partial charge in [-0.15, -0.1) is 0 Å². The van der Waals surface area contributed by atoms with E-state index in [9.17, 15) is 4.79 Å². The molecule has 5 nitrogen and oxygen atoms in total. The predicted molar refractivity (Wildman–Crippen MR) is 96.7 cm³/mol. The molecule has 0 radical (unpaired) electrons. The largest absolute Gasteiger partial charge is 0.378 e. The highest BCUT2D eigenvalue weighted by Crippen LogP contribution is 2.13. The number of imidazole rings is 1. The molecule has 0 fully saturated rings. The second kappa shape index (κ2) is 6.74. The number of amides is 1. The van der Waals surface area contributed by atoms with E-state index in [1.807, 2.05) is 49.8 Å². The fourth-order valence-corrected chi connectivity index (χ4v) is 2.75. The van der Waals surface area contributed by atoms with Crippen molar-refractivity contribution in [1.29, 1.82) is 0 Å². The first kappa shape index (κ1) is 16.1. The van der Waals surface area contributed by atoms with Crippen molar-refractivity contribution >= 4 is 17.2 Å². The molecule has 0 aliphatic carbocycles. The highest BCUT2D eigenvalue weighted by molar-refractivity contribution is 5.94. The van der Waals surface area contributed by atoms with Crippen LogP contribution < -0.4 is 10.2 Å². The van der Waals surface area contributed by atoms with Crippen LogP contribution in [0.15, 0.2) is 48.7 Å². The molecule has 5 heteroatoms. The third kappa shape index (κ3) is 3.25. The zero-order chi connectivity index (χ0) is 17.1. The number of carbonyl (C=O) groups is 1. The maximum Gasteiger partial charge on any atom is 0.270 e. The topological polar surface area (TPSA) is 49.6 Å². The minimum Gasteiger partial charge on any atom is -0.378 e. The molecule has 0 atom stereocenters. The molecule has 0 spiro atoms. The summed E-state index contributed by atoms with van der Waals surface area (Å²) >= 11 is 0. The van der Waals surface area contributed by atoms with Gasteiger partial charge in [-0.1, -0.05) is 18.2 Å². The molecule has 0 saturated carbocycles. The van der Waals surface area contributed by atoms with Crippen molar-refractivity contribution in [2.45, 2.75) is 13.3 Å². The average molecular weight is 322 g/mol.